The topological polar surface area (TPSA) is 46.1 Å². The highest BCUT2D eigenvalue weighted by atomic mass is 19.1. The van der Waals surface area contributed by atoms with Crippen LogP contribution in [-0.2, 0) is 25.9 Å². The highest BCUT2D eigenvalue weighted by Gasteiger charge is 2.17. The zero-order valence-corrected chi connectivity index (χ0v) is 23.2. The number of rotatable bonds is 13. The van der Waals surface area contributed by atoms with Crippen molar-refractivity contribution in [2.24, 2.45) is 0 Å². The SMILES string of the molecule is CCCCn1ccc2c(C)cc(C(=O)N[C@H](CCNCc3cccc(CC)c3)Cc3cc(F)cc(F)c3)cc21. The molecule has 0 saturated carbocycles. The van der Waals surface area contributed by atoms with Crippen molar-refractivity contribution in [2.45, 2.75) is 72.0 Å². The van der Waals surface area contributed by atoms with E-state index in [2.05, 4.69) is 65.6 Å². The second-order valence-electron chi connectivity index (χ2n) is 10.4. The molecule has 1 amide bonds. The molecule has 39 heavy (non-hydrogen) atoms. The molecule has 0 bridgehead atoms. The predicted octanol–water partition coefficient (Wildman–Crippen LogP) is 7.11. The number of nitrogens with one attached hydrogen (secondary N) is 2. The van der Waals surface area contributed by atoms with Crippen LogP contribution in [0.25, 0.3) is 10.9 Å². The Morgan fingerprint density at radius 3 is 2.46 bits per heavy atom. The number of amides is 1. The smallest absolute Gasteiger partial charge is 0.251 e. The van der Waals surface area contributed by atoms with Crippen molar-refractivity contribution in [2.75, 3.05) is 6.54 Å². The summed E-state index contributed by atoms with van der Waals surface area (Å²) in [7, 11) is 0. The fourth-order valence-electron chi connectivity index (χ4n) is 5.11. The molecule has 1 heterocycles. The van der Waals surface area contributed by atoms with E-state index < -0.39 is 11.6 Å². The number of nitrogens with zero attached hydrogens (tertiary/aromatic N) is 1. The Bertz CT molecular complexity index is 1390. The zero-order chi connectivity index (χ0) is 27.8. The maximum Gasteiger partial charge on any atom is 0.251 e. The summed E-state index contributed by atoms with van der Waals surface area (Å²) >= 11 is 0. The molecule has 6 heteroatoms. The van der Waals surface area contributed by atoms with E-state index in [9.17, 15) is 13.6 Å². The minimum absolute atomic E-state index is 0.180. The van der Waals surface area contributed by atoms with E-state index in [1.807, 2.05) is 19.1 Å². The number of benzene rings is 3. The van der Waals surface area contributed by atoms with E-state index in [0.717, 1.165) is 48.3 Å². The standard InChI is InChI=1S/C33H39F2N3O/c1-4-6-13-38-14-11-31-23(3)15-27(20-32(31)38)33(39)37-30(19-26-17-28(34)21-29(35)18-26)10-12-36-22-25-9-7-8-24(5-2)16-25/h7-9,11,14-18,20-21,30,36H,4-6,10,12-13,19,22H2,1-3H3,(H,37,39)/t30-/m1/s1. The molecule has 0 radical (unpaired) electrons. The predicted molar refractivity (Wildman–Crippen MR) is 155 cm³/mol. The number of carbonyl (C=O) groups excluding carboxylic acids is 1. The molecule has 0 spiro atoms. The van der Waals surface area contributed by atoms with Gasteiger partial charge in [-0.3, -0.25) is 4.79 Å². The number of fused-ring (bicyclic) bond motifs is 1. The van der Waals surface area contributed by atoms with E-state index >= 15 is 0 Å². The highest BCUT2D eigenvalue weighted by Crippen LogP contribution is 2.23. The third kappa shape index (κ3) is 7.76. The van der Waals surface area contributed by atoms with Gasteiger partial charge in [0, 0.05) is 47.9 Å². The largest absolute Gasteiger partial charge is 0.349 e. The summed E-state index contributed by atoms with van der Waals surface area (Å²) in [4.78, 5) is 13.5. The molecular weight excluding hydrogens is 492 g/mol. The van der Waals surface area contributed by atoms with Crippen molar-refractivity contribution < 1.29 is 13.6 Å². The number of carbonyl (C=O) groups is 1. The van der Waals surface area contributed by atoms with Crippen LogP contribution in [0.3, 0.4) is 0 Å². The summed E-state index contributed by atoms with van der Waals surface area (Å²) in [6.45, 7) is 8.60. The molecule has 0 saturated heterocycles. The molecule has 1 atom stereocenters. The Morgan fingerprint density at radius 2 is 1.72 bits per heavy atom. The number of halogens is 2. The van der Waals surface area contributed by atoms with Crippen LogP contribution in [-0.4, -0.2) is 23.1 Å². The Hall–Kier alpha value is -3.51. The van der Waals surface area contributed by atoms with Gasteiger partial charge in [-0.15, -0.1) is 0 Å². The van der Waals surface area contributed by atoms with Gasteiger partial charge in [-0.1, -0.05) is 44.5 Å². The van der Waals surface area contributed by atoms with Gasteiger partial charge in [-0.05, 0) is 91.7 Å². The lowest BCUT2D eigenvalue weighted by Crippen LogP contribution is -2.38. The number of aromatic nitrogens is 1. The molecule has 4 rings (SSSR count). The summed E-state index contributed by atoms with van der Waals surface area (Å²) in [6.07, 6.45) is 6.19. The molecule has 0 unspecified atom stereocenters. The van der Waals surface area contributed by atoms with E-state index in [-0.39, 0.29) is 11.9 Å². The summed E-state index contributed by atoms with van der Waals surface area (Å²) < 4.78 is 30.0. The molecule has 0 aliphatic heterocycles. The highest BCUT2D eigenvalue weighted by molar-refractivity contribution is 5.99. The summed E-state index contributed by atoms with van der Waals surface area (Å²) in [5.74, 6) is -1.41. The van der Waals surface area contributed by atoms with Crippen molar-refractivity contribution in [3.63, 3.8) is 0 Å². The van der Waals surface area contributed by atoms with Crippen molar-refractivity contribution in [3.05, 3.63) is 106 Å². The lowest BCUT2D eigenvalue weighted by Gasteiger charge is -2.20. The maximum atomic E-state index is 13.9. The first-order chi connectivity index (χ1) is 18.9. The minimum atomic E-state index is -0.613. The molecular formula is C33H39F2N3O. The summed E-state index contributed by atoms with van der Waals surface area (Å²) in [5, 5.41) is 7.75. The molecule has 0 aliphatic rings. The van der Waals surface area contributed by atoms with Gasteiger partial charge < -0.3 is 15.2 Å². The van der Waals surface area contributed by atoms with Crippen molar-refractivity contribution in [3.8, 4) is 0 Å². The first-order valence-electron chi connectivity index (χ1n) is 14.0. The first kappa shape index (κ1) is 28.5. The van der Waals surface area contributed by atoms with Crippen LogP contribution >= 0.6 is 0 Å². The number of hydrogen-bond donors (Lipinski definition) is 2. The van der Waals surface area contributed by atoms with Crippen LogP contribution in [0.15, 0.2) is 66.9 Å². The van der Waals surface area contributed by atoms with Crippen molar-refractivity contribution >= 4 is 16.8 Å². The van der Waals surface area contributed by atoms with Crippen LogP contribution in [0, 0.1) is 18.6 Å². The van der Waals surface area contributed by atoms with Crippen LogP contribution in [0.5, 0.6) is 0 Å². The van der Waals surface area contributed by atoms with Gasteiger partial charge in [0.05, 0.1) is 0 Å². The van der Waals surface area contributed by atoms with Gasteiger partial charge in [0.15, 0.2) is 0 Å². The van der Waals surface area contributed by atoms with E-state index in [4.69, 9.17) is 0 Å². The van der Waals surface area contributed by atoms with Crippen LogP contribution in [0.4, 0.5) is 8.78 Å². The van der Waals surface area contributed by atoms with Crippen molar-refractivity contribution in [1.29, 1.82) is 0 Å². The Labute approximate surface area is 230 Å². The lowest BCUT2D eigenvalue weighted by molar-refractivity contribution is 0.0935. The Kier molecular flexibility index (Phi) is 9.88. The Morgan fingerprint density at radius 1 is 0.949 bits per heavy atom. The second-order valence-corrected chi connectivity index (χ2v) is 10.4. The molecule has 0 fully saturated rings. The molecule has 4 nitrogen and oxygen atoms in total. The average Bonchev–Trinajstić information content (AvgIpc) is 3.32. The lowest BCUT2D eigenvalue weighted by atomic mass is 10.0. The molecule has 0 aliphatic carbocycles. The maximum absolute atomic E-state index is 13.9. The second kappa shape index (κ2) is 13.5. The fraction of sp³-hybridized carbons (Fsp3) is 0.364. The normalized spacial score (nSPS) is 12.1. The van der Waals surface area contributed by atoms with Crippen LogP contribution in [0.2, 0.25) is 0 Å². The van der Waals surface area contributed by atoms with Gasteiger partial charge in [0.25, 0.3) is 5.91 Å². The van der Waals surface area contributed by atoms with Gasteiger partial charge in [0.1, 0.15) is 11.6 Å². The van der Waals surface area contributed by atoms with E-state index in [0.29, 0.717) is 37.1 Å². The third-order valence-electron chi connectivity index (χ3n) is 7.25. The molecule has 2 N–H and O–H groups in total. The monoisotopic (exact) mass is 531 g/mol. The number of aryl methyl sites for hydroxylation is 3. The van der Waals surface area contributed by atoms with E-state index in [1.54, 1.807) is 0 Å². The molecule has 1 aromatic heterocycles. The summed E-state index contributed by atoms with van der Waals surface area (Å²) in [5.41, 5.74) is 5.71. The van der Waals surface area contributed by atoms with Gasteiger partial charge in [0.2, 0.25) is 0 Å². The fourth-order valence-corrected chi connectivity index (χ4v) is 5.11. The average molecular weight is 532 g/mol. The first-order valence-corrected chi connectivity index (χ1v) is 14.0. The molecule has 206 valence electrons. The van der Waals surface area contributed by atoms with Gasteiger partial charge in [-0.25, -0.2) is 8.78 Å². The number of hydrogen-bond acceptors (Lipinski definition) is 2. The Balaban J connectivity index is 1.48. The minimum Gasteiger partial charge on any atom is -0.349 e. The number of unbranched alkanes of at least 4 members (excludes halogenated alkanes) is 1. The summed E-state index contributed by atoms with van der Waals surface area (Å²) in [6, 6.07) is 17.7. The van der Waals surface area contributed by atoms with Crippen LogP contribution < -0.4 is 10.6 Å². The van der Waals surface area contributed by atoms with Crippen LogP contribution in [0.1, 0.15) is 65.7 Å². The zero-order valence-electron chi connectivity index (χ0n) is 23.2. The quantitative estimate of drug-likeness (QED) is 0.181. The van der Waals surface area contributed by atoms with Gasteiger partial charge in [-0.2, -0.15) is 0 Å². The van der Waals surface area contributed by atoms with E-state index in [1.165, 1.54) is 23.3 Å². The molecule has 4 aromatic rings. The third-order valence-corrected chi connectivity index (χ3v) is 7.25. The van der Waals surface area contributed by atoms with Gasteiger partial charge >= 0.3 is 0 Å². The van der Waals surface area contributed by atoms with Crippen molar-refractivity contribution in [1.82, 2.24) is 15.2 Å². The molecule has 3 aromatic carbocycles.